The van der Waals surface area contributed by atoms with Gasteiger partial charge in [-0.25, -0.2) is 0 Å². The number of carbonyl (C=O) groups is 1. The maximum absolute atomic E-state index is 13.2. The van der Waals surface area contributed by atoms with Gasteiger partial charge in [0, 0.05) is 13.1 Å². The van der Waals surface area contributed by atoms with Crippen molar-refractivity contribution in [2.75, 3.05) is 13.1 Å². The van der Waals surface area contributed by atoms with Crippen LogP contribution >= 0.6 is 0 Å². The van der Waals surface area contributed by atoms with Crippen LogP contribution in [0.15, 0.2) is 60.7 Å². The summed E-state index contributed by atoms with van der Waals surface area (Å²) in [5, 5.41) is 10.1. The number of nitrogens with zero attached hydrogens (tertiary/aromatic N) is 1. The summed E-state index contributed by atoms with van der Waals surface area (Å²) in [6.45, 7) is 3.18. The largest absolute Gasteiger partial charge is 0.391 e. The van der Waals surface area contributed by atoms with Crippen molar-refractivity contribution in [2.24, 2.45) is 5.92 Å². The molecular weight excluding hydrogens is 286 g/mol. The van der Waals surface area contributed by atoms with Crippen LogP contribution < -0.4 is 0 Å². The van der Waals surface area contributed by atoms with Crippen LogP contribution in [0.4, 0.5) is 0 Å². The van der Waals surface area contributed by atoms with E-state index in [4.69, 9.17) is 0 Å². The van der Waals surface area contributed by atoms with Gasteiger partial charge in [-0.2, -0.15) is 0 Å². The number of benzene rings is 2. The molecule has 1 N–H and O–H groups in total. The minimum Gasteiger partial charge on any atom is -0.391 e. The second-order valence-electron chi connectivity index (χ2n) is 6.37. The van der Waals surface area contributed by atoms with Crippen molar-refractivity contribution in [3.8, 4) is 0 Å². The van der Waals surface area contributed by atoms with Gasteiger partial charge in [0.05, 0.1) is 12.0 Å². The lowest BCUT2D eigenvalue weighted by atomic mass is 9.88. The van der Waals surface area contributed by atoms with Gasteiger partial charge in [-0.15, -0.1) is 0 Å². The van der Waals surface area contributed by atoms with Gasteiger partial charge in [0.15, 0.2) is 0 Å². The number of aliphatic hydroxyl groups excluding tert-OH is 1. The van der Waals surface area contributed by atoms with Gasteiger partial charge < -0.3 is 10.0 Å². The molecule has 2 aromatic rings. The molecule has 2 aromatic carbocycles. The Hall–Kier alpha value is -2.13. The van der Waals surface area contributed by atoms with Gasteiger partial charge in [0.1, 0.15) is 0 Å². The molecule has 2 atom stereocenters. The van der Waals surface area contributed by atoms with Crippen LogP contribution in [0.5, 0.6) is 0 Å². The Bertz CT molecular complexity index is 602. The maximum Gasteiger partial charge on any atom is 0.234 e. The van der Waals surface area contributed by atoms with Gasteiger partial charge in [0.25, 0.3) is 0 Å². The lowest BCUT2D eigenvalue weighted by molar-refractivity contribution is -0.136. The van der Waals surface area contributed by atoms with E-state index in [-0.39, 0.29) is 17.7 Å². The summed E-state index contributed by atoms with van der Waals surface area (Å²) in [6, 6.07) is 19.8. The van der Waals surface area contributed by atoms with E-state index in [1.807, 2.05) is 72.5 Å². The molecule has 1 amide bonds. The average Bonchev–Trinajstić information content (AvgIpc) is 2.59. The normalized spacial score (nSPS) is 21.4. The summed E-state index contributed by atoms with van der Waals surface area (Å²) >= 11 is 0. The predicted molar refractivity (Wildman–Crippen MR) is 91.1 cm³/mol. The molecule has 1 aliphatic heterocycles. The number of aliphatic hydroxyl groups is 1. The molecule has 1 saturated heterocycles. The van der Waals surface area contributed by atoms with Crippen molar-refractivity contribution in [2.45, 2.75) is 25.4 Å². The standard InChI is InChI=1S/C20H23NO2/c1-15-12-13-21(14-18(15)22)20(23)19(16-8-4-2-5-9-16)17-10-6-3-7-11-17/h2-11,15,18-19,22H,12-14H2,1H3. The Labute approximate surface area is 137 Å². The highest BCUT2D eigenvalue weighted by Gasteiger charge is 2.32. The number of rotatable bonds is 3. The minimum atomic E-state index is -0.431. The summed E-state index contributed by atoms with van der Waals surface area (Å²) in [7, 11) is 0. The van der Waals surface area contributed by atoms with Crippen LogP contribution in [-0.2, 0) is 4.79 Å². The van der Waals surface area contributed by atoms with E-state index < -0.39 is 6.10 Å². The third kappa shape index (κ3) is 3.45. The highest BCUT2D eigenvalue weighted by molar-refractivity contribution is 5.87. The van der Waals surface area contributed by atoms with Crippen LogP contribution in [0.1, 0.15) is 30.4 Å². The maximum atomic E-state index is 13.2. The molecule has 3 nitrogen and oxygen atoms in total. The third-order valence-electron chi connectivity index (χ3n) is 4.74. The summed E-state index contributed by atoms with van der Waals surface area (Å²) in [5.41, 5.74) is 1.99. The van der Waals surface area contributed by atoms with Crippen molar-refractivity contribution in [1.29, 1.82) is 0 Å². The van der Waals surface area contributed by atoms with Crippen LogP contribution in [0.2, 0.25) is 0 Å². The molecular formula is C20H23NO2. The van der Waals surface area contributed by atoms with E-state index in [9.17, 15) is 9.90 Å². The van der Waals surface area contributed by atoms with Gasteiger partial charge in [-0.05, 0) is 23.5 Å². The smallest absolute Gasteiger partial charge is 0.234 e. The molecule has 3 heteroatoms. The Morgan fingerprint density at radius 1 is 1.04 bits per heavy atom. The quantitative estimate of drug-likeness (QED) is 0.946. The molecule has 0 saturated carbocycles. The summed E-state index contributed by atoms with van der Waals surface area (Å²) in [4.78, 5) is 15.0. The number of piperidine rings is 1. The molecule has 23 heavy (non-hydrogen) atoms. The van der Waals surface area contributed by atoms with Crippen LogP contribution in [0.3, 0.4) is 0 Å². The van der Waals surface area contributed by atoms with E-state index in [0.29, 0.717) is 13.1 Å². The Kier molecular flexibility index (Phi) is 4.77. The summed E-state index contributed by atoms with van der Waals surface area (Å²) in [6.07, 6.45) is 0.420. The summed E-state index contributed by atoms with van der Waals surface area (Å²) in [5.74, 6) is 0.0253. The second kappa shape index (κ2) is 6.97. The van der Waals surface area contributed by atoms with E-state index in [1.165, 1.54) is 0 Å². The SMILES string of the molecule is CC1CCN(C(=O)C(c2ccccc2)c2ccccc2)CC1O. The van der Waals surface area contributed by atoms with Crippen molar-refractivity contribution in [1.82, 2.24) is 4.90 Å². The Morgan fingerprint density at radius 2 is 1.57 bits per heavy atom. The highest BCUT2D eigenvalue weighted by atomic mass is 16.3. The van der Waals surface area contributed by atoms with Crippen LogP contribution in [0, 0.1) is 5.92 Å². The molecule has 1 fully saturated rings. The minimum absolute atomic E-state index is 0.0772. The second-order valence-corrected chi connectivity index (χ2v) is 6.37. The first kappa shape index (κ1) is 15.8. The molecule has 3 rings (SSSR count). The lowest BCUT2D eigenvalue weighted by Gasteiger charge is -2.36. The van der Waals surface area contributed by atoms with Crippen molar-refractivity contribution in [3.63, 3.8) is 0 Å². The zero-order valence-electron chi connectivity index (χ0n) is 13.4. The first-order valence-corrected chi connectivity index (χ1v) is 8.23. The van der Waals surface area contributed by atoms with Crippen molar-refractivity contribution in [3.05, 3.63) is 71.8 Å². The molecule has 0 aliphatic carbocycles. The molecule has 1 aliphatic rings. The number of amides is 1. The first-order chi connectivity index (χ1) is 11.2. The molecule has 0 bridgehead atoms. The van der Waals surface area contributed by atoms with E-state index >= 15 is 0 Å². The monoisotopic (exact) mass is 309 g/mol. The van der Waals surface area contributed by atoms with Crippen LogP contribution in [0.25, 0.3) is 0 Å². The molecule has 120 valence electrons. The first-order valence-electron chi connectivity index (χ1n) is 8.23. The Balaban J connectivity index is 1.91. The van der Waals surface area contributed by atoms with E-state index in [0.717, 1.165) is 17.5 Å². The molecule has 0 aromatic heterocycles. The summed E-state index contributed by atoms with van der Waals surface area (Å²) < 4.78 is 0. The average molecular weight is 309 g/mol. The number of hydrogen-bond acceptors (Lipinski definition) is 2. The van der Waals surface area contributed by atoms with Gasteiger partial charge in [-0.3, -0.25) is 4.79 Å². The lowest BCUT2D eigenvalue weighted by Crippen LogP contribution is -2.47. The zero-order valence-corrected chi connectivity index (χ0v) is 13.4. The van der Waals surface area contributed by atoms with Gasteiger partial charge >= 0.3 is 0 Å². The number of likely N-dealkylation sites (tertiary alicyclic amines) is 1. The van der Waals surface area contributed by atoms with Gasteiger partial charge in [-0.1, -0.05) is 67.6 Å². The fourth-order valence-electron chi connectivity index (χ4n) is 3.20. The number of β-amino-alcohol motifs (C(OH)–C–C–N with tert-alkyl or cyclic N) is 1. The fourth-order valence-corrected chi connectivity index (χ4v) is 3.20. The molecule has 0 radical (unpaired) electrons. The zero-order chi connectivity index (χ0) is 16.2. The van der Waals surface area contributed by atoms with Crippen molar-refractivity contribution < 1.29 is 9.90 Å². The Morgan fingerprint density at radius 3 is 2.04 bits per heavy atom. The molecule has 0 spiro atoms. The van der Waals surface area contributed by atoms with Crippen molar-refractivity contribution >= 4 is 5.91 Å². The van der Waals surface area contributed by atoms with Crippen LogP contribution in [-0.4, -0.2) is 35.1 Å². The number of hydrogen-bond donors (Lipinski definition) is 1. The van der Waals surface area contributed by atoms with Gasteiger partial charge in [0.2, 0.25) is 5.91 Å². The topological polar surface area (TPSA) is 40.5 Å². The van der Waals surface area contributed by atoms with E-state index in [2.05, 4.69) is 0 Å². The van der Waals surface area contributed by atoms with E-state index in [1.54, 1.807) is 0 Å². The highest BCUT2D eigenvalue weighted by Crippen LogP contribution is 2.29. The fraction of sp³-hybridized carbons (Fsp3) is 0.350. The predicted octanol–water partition coefficient (Wildman–Crippen LogP) is 3.05. The third-order valence-corrected chi connectivity index (χ3v) is 4.74. The molecule has 2 unspecified atom stereocenters. The number of carbonyl (C=O) groups excluding carboxylic acids is 1. The molecule has 1 heterocycles.